The minimum Gasteiger partial charge on any atom is -0.400 e. The van der Waals surface area contributed by atoms with Gasteiger partial charge >= 0.3 is 0 Å². The SMILES string of the molecule is CCCN(CCCl)c1ccc(OS(=O)Cc2ccsc2N)cc1C. The lowest BCUT2D eigenvalue weighted by molar-refractivity contribution is 0.561. The van der Waals surface area contributed by atoms with E-state index in [9.17, 15) is 4.21 Å². The Bertz CT molecular complexity index is 685. The van der Waals surface area contributed by atoms with Crippen molar-refractivity contribution in [2.24, 2.45) is 0 Å². The number of nitrogen functional groups attached to an aromatic ring is 1. The lowest BCUT2D eigenvalue weighted by atomic mass is 10.1. The van der Waals surface area contributed by atoms with Crippen molar-refractivity contribution >= 4 is 44.7 Å². The summed E-state index contributed by atoms with van der Waals surface area (Å²) in [4.78, 5) is 2.26. The second kappa shape index (κ2) is 9.30. The van der Waals surface area contributed by atoms with Crippen LogP contribution in [0.4, 0.5) is 10.7 Å². The maximum Gasteiger partial charge on any atom is 0.211 e. The molecule has 1 unspecified atom stereocenters. The maximum absolute atomic E-state index is 12.2. The molecule has 0 saturated carbocycles. The fraction of sp³-hybridized carbons (Fsp3) is 0.412. The van der Waals surface area contributed by atoms with Gasteiger partial charge in [0, 0.05) is 30.2 Å². The Balaban J connectivity index is 2.05. The number of halogens is 1. The predicted octanol–water partition coefficient (Wildman–Crippen LogP) is 4.34. The monoisotopic (exact) mass is 386 g/mol. The number of anilines is 2. The molecule has 1 atom stereocenters. The van der Waals surface area contributed by atoms with Crippen molar-refractivity contribution in [2.45, 2.75) is 26.0 Å². The van der Waals surface area contributed by atoms with E-state index < -0.39 is 11.1 Å². The van der Waals surface area contributed by atoms with E-state index in [1.165, 1.54) is 11.3 Å². The molecule has 0 saturated heterocycles. The van der Waals surface area contributed by atoms with Crippen LogP contribution in [0.1, 0.15) is 24.5 Å². The van der Waals surface area contributed by atoms with Crippen LogP contribution in [0.5, 0.6) is 5.75 Å². The first-order chi connectivity index (χ1) is 11.5. The minimum absolute atomic E-state index is 0.296. The molecular weight excluding hydrogens is 364 g/mol. The molecule has 0 aliphatic carbocycles. The predicted molar refractivity (Wildman–Crippen MR) is 106 cm³/mol. The average Bonchev–Trinajstić information content (AvgIpc) is 2.92. The molecule has 24 heavy (non-hydrogen) atoms. The average molecular weight is 387 g/mol. The Kier molecular flexibility index (Phi) is 7.40. The van der Waals surface area contributed by atoms with Gasteiger partial charge in [0.2, 0.25) is 11.1 Å². The van der Waals surface area contributed by atoms with Crippen molar-refractivity contribution in [2.75, 3.05) is 29.6 Å². The summed E-state index contributed by atoms with van der Waals surface area (Å²) in [5, 5.41) is 2.58. The van der Waals surface area contributed by atoms with Crippen LogP contribution in [0, 0.1) is 6.92 Å². The highest BCUT2D eigenvalue weighted by molar-refractivity contribution is 7.79. The molecule has 7 heteroatoms. The van der Waals surface area contributed by atoms with Crippen molar-refractivity contribution in [3.05, 3.63) is 40.8 Å². The molecular formula is C17H23ClN2O2S2. The number of rotatable bonds is 9. The number of aryl methyl sites for hydroxylation is 1. The first kappa shape index (κ1) is 19.1. The highest BCUT2D eigenvalue weighted by Crippen LogP contribution is 2.27. The summed E-state index contributed by atoms with van der Waals surface area (Å²) in [6, 6.07) is 7.66. The zero-order valence-electron chi connectivity index (χ0n) is 14.0. The van der Waals surface area contributed by atoms with Crippen LogP contribution in [-0.4, -0.2) is 23.2 Å². The summed E-state index contributed by atoms with van der Waals surface area (Å²) < 4.78 is 17.7. The van der Waals surface area contributed by atoms with Crippen LogP contribution in [0.2, 0.25) is 0 Å². The molecule has 2 N–H and O–H groups in total. The first-order valence-corrected chi connectivity index (χ1v) is 10.5. The highest BCUT2D eigenvalue weighted by Gasteiger charge is 2.12. The molecule has 0 spiro atoms. The molecule has 1 aromatic carbocycles. The van der Waals surface area contributed by atoms with Gasteiger partial charge in [0.1, 0.15) is 5.75 Å². The maximum atomic E-state index is 12.2. The Hall–Kier alpha value is -1.24. The van der Waals surface area contributed by atoms with E-state index in [4.69, 9.17) is 21.5 Å². The lowest BCUT2D eigenvalue weighted by Crippen LogP contribution is -2.26. The quantitative estimate of drug-likeness (QED) is 0.651. The molecule has 0 aliphatic rings. The molecule has 4 nitrogen and oxygen atoms in total. The second-order valence-electron chi connectivity index (χ2n) is 5.47. The molecule has 2 rings (SSSR count). The van der Waals surface area contributed by atoms with Gasteiger partial charge in [-0.3, -0.25) is 0 Å². The smallest absolute Gasteiger partial charge is 0.211 e. The Labute approximate surface area is 155 Å². The fourth-order valence-corrected chi connectivity index (χ4v) is 4.34. The first-order valence-electron chi connectivity index (χ1n) is 7.85. The summed E-state index contributed by atoms with van der Waals surface area (Å²) in [6.45, 7) is 5.93. The van der Waals surface area contributed by atoms with Gasteiger partial charge in [-0.2, -0.15) is 0 Å². The lowest BCUT2D eigenvalue weighted by Gasteiger charge is -2.25. The molecule has 0 amide bonds. The molecule has 0 radical (unpaired) electrons. The van der Waals surface area contributed by atoms with E-state index in [1.54, 1.807) is 0 Å². The van der Waals surface area contributed by atoms with E-state index in [2.05, 4.69) is 11.8 Å². The topological polar surface area (TPSA) is 55.6 Å². The molecule has 1 aromatic heterocycles. The zero-order chi connectivity index (χ0) is 17.5. The van der Waals surface area contributed by atoms with Gasteiger partial charge in [0.15, 0.2) is 0 Å². The summed E-state index contributed by atoms with van der Waals surface area (Å²) in [7, 11) is 0. The zero-order valence-corrected chi connectivity index (χ0v) is 16.3. The van der Waals surface area contributed by atoms with Gasteiger partial charge in [-0.05, 0) is 48.6 Å². The standard InChI is InChI=1S/C17H23ClN2O2S2/c1-3-8-20(9-7-18)16-5-4-15(11-13(16)2)22-24(21)12-14-6-10-23-17(14)19/h4-6,10-11H,3,7-9,12,19H2,1-2H3. The minimum atomic E-state index is -1.45. The molecule has 1 heterocycles. The van der Waals surface area contributed by atoms with Crippen molar-refractivity contribution in [1.29, 1.82) is 0 Å². The largest absolute Gasteiger partial charge is 0.400 e. The summed E-state index contributed by atoms with van der Waals surface area (Å²) >= 11 is 5.89. The number of hydrogen-bond acceptors (Lipinski definition) is 5. The van der Waals surface area contributed by atoms with Crippen LogP contribution in [0.3, 0.4) is 0 Å². The van der Waals surface area contributed by atoms with Crippen molar-refractivity contribution in [3.8, 4) is 5.75 Å². The van der Waals surface area contributed by atoms with Crippen LogP contribution in [0.25, 0.3) is 0 Å². The number of hydrogen-bond donors (Lipinski definition) is 1. The summed E-state index contributed by atoms with van der Waals surface area (Å²) in [5.41, 5.74) is 8.91. The molecule has 2 aromatic rings. The van der Waals surface area contributed by atoms with Crippen molar-refractivity contribution in [3.63, 3.8) is 0 Å². The van der Waals surface area contributed by atoms with Gasteiger partial charge in [0.05, 0.1) is 10.8 Å². The number of nitrogens with two attached hydrogens (primary N) is 1. The van der Waals surface area contributed by atoms with Gasteiger partial charge in [-0.1, -0.05) is 6.92 Å². The Morgan fingerprint density at radius 1 is 1.33 bits per heavy atom. The molecule has 0 aliphatic heterocycles. The van der Waals surface area contributed by atoms with Crippen molar-refractivity contribution in [1.82, 2.24) is 0 Å². The Morgan fingerprint density at radius 2 is 2.12 bits per heavy atom. The highest BCUT2D eigenvalue weighted by atomic mass is 35.5. The van der Waals surface area contributed by atoms with Crippen LogP contribution < -0.4 is 14.8 Å². The second-order valence-corrected chi connectivity index (χ2v) is 7.85. The third-order valence-corrected chi connectivity index (χ3v) is 5.48. The number of thiophene rings is 1. The number of benzene rings is 1. The number of nitrogens with zero attached hydrogens (tertiary/aromatic N) is 1. The van der Waals surface area contributed by atoms with Gasteiger partial charge in [0.25, 0.3) is 0 Å². The molecule has 0 bridgehead atoms. The van der Waals surface area contributed by atoms with Crippen LogP contribution in [0.15, 0.2) is 29.6 Å². The molecule has 132 valence electrons. The summed E-state index contributed by atoms with van der Waals surface area (Å²) in [5.74, 6) is 1.49. The normalized spacial score (nSPS) is 12.1. The van der Waals surface area contributed by atoms with Crippen LogP contribution >= 0.6 is 22.9 Å². The fourth-order valence-electron chi connectivity index (χ4n) is 2.49. The summed E-state index contributed by atoms with van der Waals surface area (Å²) in [6.07, 6.45) is 1.06. The van der Waals surface area contributed by atoms with Gasteiger partial charge in [-0.25, -0.2) is 4.21 Å². The van der Waals surface area contributed by atoms with E-state index in [0.29, 0.717) is 22.4 Å². The van der Waals surface area contributed by atoms with Crippen molar-refractivity contribution < 1.29 is 8.39 Å². The van der Waals surface area contributed by atoms with E-state index >= 15 is 0 Å². The van der Waals surface area contributed by atoms with E-state index in [-0.39, 0.29) is 0 Å². The van der Waals surface area contributed by atoms with Gasteiger partial charge < -0.3 is 14.8 Å². The molecule has 0 fully saturated rings. The van der Waals surface area contributed by atoms with E-state index in [1.807, 2.05) is 36.6 Å². The number of alkyl halides is 1. The Morgan fingerprint density at radius 3 is 2.71 bits per heavy atom. The van der Waals surface area contributed by atoms with Gasteiger partial charge in [-0.15, -0.1) is 22.9 Å². The van der Waals surface area contributed by atoms with Crippen LogP contribution in [-0.2, 0) is 16.8 Å². The van der Waals surface area contributed by atoms with E-state index in [0.717, 1.165) is 36.3 Å². The third kappa shape index (κ3) is 5.13. The third-order valence-electron chi connectivity index (χ3n) is 3.60.